The van der Waals surface area contributed by atoms with E-state index in [2.05, 4.69) is 26.9 Å². The van der Waals surface area contributed by atoms with Crippen LogP contribution >= 0.6 is 0 Å². The summed E-state index contributed by atoms with van der Waals surface area (Å²) < 4.78 is 5.41. The number of nitrogens with zero attached hydrogens (tertiary/aromatic N) is 1. The van der Waals surface area contributed by atoms with E-state index in [1.54, 1.807) is 0 Å². The lowest BCUT2D eigenvalue weighted by atomic mass is 9.95. The van der Waals surface area contributed by atoms with Gasteiger partial charge in [-0.25, -0.2) is 4.79 Å². The minimum Gasteiger partial charge on any atom is -0.379 e. The van der Waals surface area contributed by atoms with Crippen LogP contribution in [-0.4, -0.2) is 55.7 Å². The SMILES string of the molecule is O=C(CCNC(=O)NCc1ccccc1CN1CCOCC1)NC1CCCCC1. The highest BCUT2D eigenvalue weighted by molar-refractivity contribution is 5.78. The maximum Gasteiger partial charge on any atom is 0.315 e. The van der Waals surface area contributed by atoms with Gasteiger partial charge in [-0.15, -0.1) is 0 Å². The third-order valence-corrected chi connectivity index (χ3v) is 5.66. The molecule has 2 fully saturated rings. The molecular formula is C22H34N4O3. The van der Waals surface area contributed by atoms with Crippen molar-refractivity contribution in [1.29, 1.82) is 0 Å². The highest BCUT2D eigenvalue weighted by atomic mass is 16.5. The zero-order chi connectivity index (χ0) is 20.3. The summed E-state index contributed by atoms with van der Waals surface area (Å²) in [5, 5.41) is 8.76. The molecule has 0 radical (unpaired) electrons. The minimum atomic E-state index is -0.239. The fourth-order valence-corrected chi connectivity index (χ4v) is 3.96. The van der Waals surface area contributed by atoms with Gasteiger partial charge in [0.2, 0.25) is 5.91 Å². The third-order valence-electron chi connectivity index (χ3n) is 5.66. The van der Waals surface area contributed by atoms with Crippen molar-refractivity contribution in [1.82, 2.24) is 20.9 Å². The number of urea groups is 1. The molecule has 3 amide bonds. The highest BCUT2D eigenvalue weighted by Crippen LogP contribution is 2.17. The second-order valence-electron chi connectivity index (χ2n) is 7.92. The van der Waals surface area contributed by atoms with Crippen LogP contribution in [0.25, 0.3) is 0 Å². The van der Waals surface area contributed by atoms with E-state index in [0.29, 0.717) is 25.6 Å². The van der Waals surface area contributed by atoms with Gasteiger partial charge in [0.15, 0.2) is 0 Å². The van der Waals surface area contributed by atoms with Crippen molar-refractivity contribution in [3.63, 3.8) is 0 Å². The van der Waals surface area contributed by atoms with Crippen LogP contribution in [0.3, 0.4) is 0 Å². The number of rotatable bonds is 8. The lowest BCUT2D eigenvalue weighted by Crippen LogP contribution is -2.40. The van der Waals surface area contributed by atoms with Crippen molar-refractivity contribution in [3.8, 4) is 0 Å². The summed E-state index contributed by atoms with van der Waals surface area (Å²) in [7, 11) is 0. The van der Waals surface area contributed by atoms with Gasteiger partial charge in [0.25, 0.3) is 0 Å². The summed E-state index contributed by atoms with van der Waals surface area (Å²) in [5.41, 5.74) is 2.34. The Balaban J connectivity index is 1.35. The number of amides is 3. The molecule has 1 aliphatic carbocycles. The molecule has 3 rings (SSSR count). The Morgan fingerprint density at radius 1 is 1.00 bits per heavy atom. The summed E-state index contributed by atoms with van der Waals surface area (Å²) in [5.74, 6) is 0.0213. The van der Waals surface area contributed by atoms with Gasteiger partial charge in [-0.3, -0.25) is 9.69 Å². The number of benzene rings is 1. The third kappa shape index (κ3) is 7.66. The van der Waals surface area contributed by atoms with Crippen LogP contribution in [0.1, 0.15) is 49.7 Å². The summed E-state index contributed by atoms with van der Waals surface area (Å²) in [6.07, 6.45) is 6.12. The van der Waals surface area contributed by atoms with Crippen LogP contribution in [-0.2, 0) is 22.6 Å². The van der Waals surface area contributed by atoms with Gasteiger partial charge >= 0.3 is 6.03 Å². The second-order valence-corrected chi connectivity index (χ2v) is 7.92. The van der Waals surface area contributed by atoms with Crippen molar-refractivity contribution < 1.29 is 14.3 Å². The van der Waals surface area contributed by atoms with Crippen molar-refractivity contribution in [2.24, 2.45) is 0 Å². The number of ether oxygens (including phenoxy) is 1. The number of nitrogens with one attached hydrogen (secondary N) is 3. The molecule has 160 valence electrons. The van der Waals surface area contributed by atoms with E-state index in [1.165, 1.54) is 24.8 Å². The van der Waals surface area contributed by atoms with E-state index in [0.717, 1.165) is 51.3 Å². The monoisotopic (exact) mass is 402 g/mol. The van der Waals surface area contributed by atoms with Gasteiger partial charge in [-0.2, -0.15) is 0 Å². The van der Waals surface area contributed by atoms with Gasteiger partial charge in [0.1, 0.15) is 0 Å². The van der Waals surface area contributed by atoms with E-state index < -0.39 is 0 Å². The first-order valence-electron chi connectivity index (χ1n) is 10.9. The second kappa shape index (κ2) is 11.8. The summed E-state index contributed by atoms with van der Waals surface area (Å²) in [4.78, 5) is 26.5. The Morgan fingerprint density at radius 3 is 2.48 bits per heavy atom. The molecular weight excluding hydrogens is 368 g/mol. The van der Waals surface area contributed by atoms with Crippen molar-refractivity contribution in [2.45, 2.75) is 57.7 Å². The fourth-order valence-electron chi connectivity index (χ4n) is 3.96. The molecule has 1 saturated heterocycles. The van der Waals surface area contributed by atoms with E-state index in [-0.39, 0.29) is 11.9 Å². The molecule has 0 bridgehead atoms. The molecule has 0 spiro atoms. The van der Waals surface area contributed by atoms with Gasteiger partial charge in [-0.05, 0) is 24.0 Å². The number of carbonyl (C=O) groups excluding carboxylic acids is 2. The largest absolute Gasteiger partial charge is 0.379 e. The molecule has 0 atom stereocenters. The zero-order valence-electron chi connectivity index (χ0n) is 17.3. The first kappa shape index (κ1) is 21.6. The van der Waals surface area contributed by atoms with Crippen LogP contribution in [0.4, 0.5) is 4.79 Å². The zero-order valence-corrected chi connectivity index (χ0v) is 17.3. The molecule has 3 N–H and O–H groups in total. The quantitative estimate of drug-likeness (QED) is 0.622. The normalized spacial score (nSPS) is 18.2. The van der Waals surface area contributed by atoms with E-state index in [1.807, 2.05) is 18.2 Å². The van der Waals surface area contributed by atoms with Gasteiger partial charge < -0.3 is 20.7 Å². The molecule has 7 nitrogen and oxygen atoms in total. The Hall–Kier alpha value is -2.12. The Labute approximate surface area is 173 Å². The van der Waals surface area contributed by atoms with Gasteiger partial charge in [0, 0.05) is 45.2 Å². The van der Waals surface area contributed by atoms with Crippen LogP contribution in [0.15, 0.2) is 24.3 Å². The molecule has 29 heavy (non-hydrogen) atoms. The first-order chi connectivity index (χ1) is 14.2. The molecule has 0 aromatic heterocycles. The maximum absolute atomic E-state index is 12.1. The predicted molar refractivity (Wildman–Crippen MR) is 112 cm³/mol. The lowest BCUT2D eigenvalue weighted by Gasteiger charge is -2.27. The number of morpholine rings is 1. The van der Waals surface area contributed by atoms with Gasteiger partial charge in [0.05, 0.1) is 13.2 Å². The molecule has 1 heterocycles. The van der Waals surface area contributed by atoms with Crippen molar-refractivity contribution in [2.75, 3.05) is 32.8 Å². The Morgan fingerprint density at radius 2 is 1.72 bits per heavy atom. The predicted octanol–water partition coefficient (Wildman–Crippen LogP) is 2.16. The van der Waals surface area contributed by atoms with Crippen LogP contribution in [0.2, 0.25) is 0 Å². The summed E-state index contributed by atoms with van der Waals surface area (Å²) in [6.45, 7) is 5.11. The lowest BCUT2D eigenvalue weighted by molar-refractivity contribution is -0.121. The van der Waals surface area contributed by atoms with Crippen molar-refractivity contribution in [3.05, 3.63) is 35.4 Å². The van der Waals surface area contributed by atoms with E-state index >= 15 is 0 Å². The average Bonchev–Trinajstić information content (AvgIpc) is 2.74. The molecule has 1 aromatic rings. The first-order valence-corrected chi connectivity index (χ1v) is 10.9. The van der Waals surface area contributed by atoms with Gasteiger partial charge in [-0.1, -0.05) is 43.5 Å². The van der Waals surface area contributed by atoms with Crippen LogP contribution in [0, 0.1) is 0 Å². The summed E-state index contributed by atoms with van der Waals surface area (Å²) in [6, 6.07) is 8.26. The number of hydrogen-bond acceptors (Lipinski definition) is 4. The summed E-state index contributed by atoms with van der Waals surface area (Å²) >= 11 is 0. The topological polar surface area (TPSA) is 82.7 Å². The smallest absolute Gasteiger partial charge is 0.315 e. The molecule has 0 unspecified atom stereocenters. The van der Waals surface area contributed by atoms with Crippen LogP contribution < -0.4 is 16.0 Å². The molecule has 1 saturated carbocycles. The maximum atomic E-state index is 12.1. The Kier molecular flexibility index (Phi) is 8.77. The molecule has 7 heteroatoms. The average molecular weight is 403 g/mol. The van der Waals surface area contributed by atoms with Crippen LogP contribution in [0.5, 0.6) is 0 Å². The van der Waals surface area contributed by atoms with E-state index in [4.69, 9.17) is 4.74 Å². The van der Waals surface area contributed by atoms with E-state index in [9.17, 15) is 9.59 Å². The number of hydrogen-bond donors (Lipinski definition) is 3. The molecule has 1 aromatic carbocycles. The van der Waals surface area contributed by atoms with Crippen molar-refractivity contribution >= 4 is 11.9 Å². The molecule has 2 aliphatic rings. The highest BCUT2D eigenvalue weighted by Gasteiger charge is 2.16. The standard InChI is InChI=1S/C22H34N4O3/c27-21(25-20-8-2-1-3-9-20)10-11-23-22(28)24-16-18-6-4-5-7-19(18)17-26-12-14-29-15-13-26/h4-7,20H,1-3,8-17H2,(H,25,27)(H2,23,24,28). The fraction of sp³-hybridized carbons (Fsp3) is 0.636. The minimum absolute atomic E-state index is 0.0213. The number of carbonyl (C=O) groups is 2. The molecule has 1 aliphatic heterocycles. The Bertz CT molecular complexity index is 655.